The molecule has 2 aliphatic rings. The number of aromatic nitrogens is 1. The highest BCUT2D eigenvalue weighted by Crippen LogP contribution is 2.42. The number of nitrogens with two attached hydrogens (primary N) is 1. The molecule has 160 valence electrons. The Hall–Kier alpha value is -3.48. The van der Waals surface area contributed by atoms with Crippen LogP contribution in [0.2, 0.25) is 0 Å². The minimum absolute atomic E-state index is 0.275. The summed E-state index contributed by atoms with van der Waals surface area (Å²) < 4.78 is 20.0. The van der Waals surface area contributed by atoms with E-state index in [1.165, 1.54) is 24.3 Å². The number of halogens is 1. The van der Waals surface area contributed by atoms with E-state index in [0.29, 0.717) is 41.7 Å². The summed E-state index contributed by atoms with van der Waals surface area (Å²) in [6.45, 7) is 0. The SMILES string of the molecule is COc1cc(F)c2c(c1)[C@H](N(C(=O)c1cccnc1)[C@H](C(N)=O)C1C=CC=CC1)CC2. The van der Waals surface area contributed by atoms with Gasteiger partial charge in [0.1, 0.15) is 17.6 Å². The van der Waals surface area contributed by atoms with Gasteiger partial charge in [0.25, 0.3) is 5.91 Å². The highest BCUT2D eigenvalue weighted by Gasteiger charge is 2.42. The Morgan fingerprint density at radius 3 is 2.81 bits per heavy atom. The number of allylic oxidation sites excluding steroid dienone is 3. The van der Waals surface area contributed by atoms with Crippen LogP contribution in [0.1, 0.15) is 40.4 Å². The molecule has 7 heteroatoms. The van der Waals surface area contributed by atoms with Crippen LogP contribution in [0.25, 0.3) is 0 Å². The summed E-state index contributed by atoms with van der Waals surface area (Å²) in [7, 11) is 1.47. The van der Waals surface area contributed by atoms with E-state index in [1.807, 2.05) is 24.3 Å². The molecule has 6 nitrogen and oxygen atoms in total. The van der Waals surface area contributed by atoms with Crippen molar-refractivity contribution in [3.63, 3.8) is 0 Å². The van der Waals surface area contributed by atoms with Crippen LogP contribution >= 0.6 is 0 Å². The van der Waals surface area contributed by atoms with Crippen LogP contribution in [0.3, 0.4) is 0 Å². The van der Waals surface area contributed by atoms with Crippen molar-refractivity contribution in [1.82, 2.24) is 9.88 Å². The number of hydrogen-bond donors (Lipinski definition) is 1. The lowest BCUT2D eigenvalue weighted by Crippen LogP contribution is -2.52. The van der Waals surface area contributed by atoms with Crippen LogP contribution < -0.4 is 10.5 Å². The Bertz CT molecular complexity index is 1050. The molecular weight excluding hydrogens is 397 g/mol. The molecule has 2 amide bonds. The summed E-state index contributed by atoms with van der Waals surface area (Å²) >= 11 is 0. The maximum Gasteiger partial charge on any atom is 0.256 e. The monoisotopic (exact) mass is 421 g/mol. The van der Waals surface area contributed by atoms with Gasteiger partial charge < -0.3 is 15.4 Å². The van der Waals surface area contributed by atoms with Crippen molar-refractivity contribution >= 4 is 11.8 Å². The lowest BCUT2D eigenvalue weighted by atomic mass is 9.88. The van der Waals surface area contributed by atoms with Crippen LogP contribution in [0, 0.1) is 11.7 Å². The summed E-state index contributed by atoms with van der Waals surface area (Å²) in [4.78, 5) is 31.9. The number of pyridine rings is 1. The third kappa shape index (κ3) is 3.95. The second-order valence-corrected chi connectivity index (χ2v) is 7.75. The number of amides is 2. The quantitative estimate of drug-likeness (QED) is 0.775. The second-order valence-electron chi connectivity index (χ2n) is 7.75. The summed E-state index contributed by atoms with van der Waals surface area (Å²) in [5, 5.41) is 0. The summed E-state index contributed by atoms with van der Waals surface area (Å²) in [6.07, 6.45) is 12.1. The lowest BCUT2D eigenvalue weighted by molar-refractivity contribution is -0.124. The van der Waals surface area contributed by atoms with Gasteiger partial charge >= 0.3 is 0 Å². The highest BCUT2D eigenvalue weighted by atomic mass is 19.1. The molecular formula is C24H24FN3O3. The van der Waals surface area contributed by atoms with Crippen molar-refractivity contribution in [3.05, 3.63) is 83.5 Å². The number of carbonyl (C=O) groups excluding carboxylic acids is 2. The Labute approximate surface area is 180 Å². The molecule has 1 unspecified atom stereocenters. The Kier molecular flexibility index (Phi) is 5.84. The van der Waals surface area contributed by atoms with Gasteiger partial charge in [-0.2, -0.15) is 0 Å². The minimum Gasteiger partial charge on any atom is -0.497 e. The molecule has 1 aromatic heterocycles. The van der Waals surface area contributed by atoms with Gasteiger partial charge in [0.15, 0.2) is 0 Å². The number of rotatable bonds is 6. The van der Waals surface area contributed by atoms with E-state index in [9.17, 15) is 14.0 Å². The third-order valence-electron chi connectivity index (χ3n) is 5.96. The standard InChI is InChI=1S/C24H24FN3O3/c1-31-17-12-19-18(20(25)13-17)9-10-21(19)28(24(30)16-8-5-11-27-14-16)22(23(26)29)15-6-3-2-4-7-15/h2-6,8,11-15,21-22H,7,9-10H2,1H3,(H2,26,29)/t15?,21-,22+/m1/s1. The first kappa shape index (κ1) is 20.8. The van der Waals surface area contributed by atoms with E-state index in [2.05, 4.69) is 4.98 Å². The smallest absolute Gasteiger partial charge is 0.256 e. The summed E-state index contributed by atoms with van der Waals surface area (Å²) in [5.74, 6) is -1.24. The fourth-order valence-corrected chi connectivity index (χ4v) is 4.52. The van der Waals surface area contributed by atoms with Crippen molar-refractivity contribution in [1.29, 1.82) is 0 Å². The first-order valence-corrected chi connectivity index (χ1v) is 10.2. The molecule has 1 heterocycles. The van der Waals surface area contributed by atoms with Gasteiger partial charge in [-0.05, 0) is 48.6 Å². The zero-order valence-electron chi connectivity index (χ0n) is 17.2. The predicted molar refractivity (Wildman–Crippen MR) is 114 cm³/mol. The highest BCUT2D eigenvalue weighted by molar-refractivity contribution is 5.97. The van der Waals surface area contributed by atoms with Gasteiger partial charge in [0, 0.05) is 24.4 Å². The number of primary amides is 1. The van der Waals surface area contributed by atoms with Crippen LogP contribution in [-0.2, 0) is 11.2 Å². The first-order valence-electron chi connectivity index (χ1n) is 10.2. The zero-order chi connectivity index (χ0) is 22.0. The van der Waals surface area contributed by atoms with Gasteiger partial charge in [-0.3, -0.25) is 14.6 Å². The normalized spacial score (nSPS) is 20.2. The number of carbonyl (C=O) groups is 2. The molecule has 3 atom stereocenters. The summed E-state index contributed by atoms with van der Waals surface area (Å²) in [5.41, 5.74) is 7.39. The molecule has 2 aliphatic carbocycles. The molecule has 4 rings (SSSR count). The second kappa shape index (κ2) is 8.71. The van der Waals surface area contributed by atoms with E-state index in [-0.39, 0.29) is 17.6 Å². The van der Waals surface area contributed by atoms with Crippen LogP contribution in [0.5, 0.6) is 5.75 Å². The molecule has 0 spiro atoms. The average molecular weight is 421 g/mol. The topological polar surface area (TPSA) is 85.5 Å². The number of benzene rings is 1. The van der Waals surface area contributed by atoms with Gasteiger partial charge in [0.05, 0.1) is 18.7 Å². The van der Waals surface area contributed by atoms with Crippen molar-refractivity contribution in [3.8, 4) is 5.75 Å². The van der Waals surface area contributed by atoms with Crippen LogP contribution in [0.4, 0.5) is 4.39 Å². The number of methoxy groups -OCH3 is 1. The molecule has 2 N–H and O–H groups in total. The van der Waals surface area contributed by atoms with Crippen LogP contribution in [0.15, 0.2) is 61.0 Å². The van der Waals surface area contributed by atoms with Gasteiger partial charge in [0.2, 0.25) is 5.91 Å². The maximum atomic E-state index is 14.7. The fraction of sp³-hybridized carbons (Fsp3) is 0.292. The van der Waals surface area contributed by atoms with E-state index >= 15 is 0 Å². The largest absolute Gasteiger partial charge is 0.497 e. The number of ether oxygens (including phenoxy) is 1. The molecule has 0 saturated heterocycles. The molecule has 0 saturated carbocycles. The summed E-state index contributed by atoms with van der Waals surface area (Å²) in [6, 6.07) is 5.00. The van der Waals surface area contributed by atoms with Crippen LogP contribution in [-0.4, -0.2) is 34.8 Å². The third-order valence-corrected chi connectivity index (χ3v) is 5.96. The van der Waals surface area contributed by atoms with E-state index in [1.54, 1.807) is 24.4 Å². The molecule has 2 aromatic rings. The number of hydrogen-bond acceptors (Lipinski definition) is 4. The predicted octanol–water partition coefficient (Wildman–Crippen LogP) is 3.35. The Morgan fingerprint density at radius 1 is 1.32 bits per heavy atom. The van der Waals surface area contributed by atoms with Crippen molar-refractivity contribution in [2.24, 2.45) is 11.7 Å². The Balaban J connectivity index is 1.83. The molecule has 0 bridgehead atoms. The molecule has 0 aliphatic heterocycles. The minimum atomic E-state index is -0.890. The van der Waals surface area contributed by atoms with E-state index < -0.39 is 18.0 Å². The zero-order valence-corrected chi connectivity index (χ0v) is 17.2. The lowest BCUT2D eigenvalue weighted by Gasteiger charge is -2.39. The molecule has 0 fully saturated rings. The van der Waals surface area contributed by atoms with Gasteiger partial charge in [-0.15, -0.1) is 0 Å². The molecule has 0 radical (unpaired) electrons. The van der Waals surface area contributed by atoms with Crippen molar-refractivity contribution in [2.45, 2.75) is 31.3 Å². The molecule has 31 heavy (non-hydrogen) atoms. The van der Waals surface area contributed by atoms with Crippen molar-refractivity contribution in [2.75, 3.05) is 7.11 Å². The van der Waals surface area contributed by atoms with E-state index in [0.717, 1.165) is 0 Å². The van der Waals surface area contributed by atoms with Crippen molar-refractivity contribution < 1.29 is 18.7 Å². The van der Waals surface area contributed by atoms with E-state index in [4.69, 9.17) is 10.5 Å². The number of fused-ring (bicyclic) bond motifs is 1. The first-order chi connectivity index (χ1) is 15.0. The number of nitrogens with zero attached hydrogens (tertiary/aromatic N) is 2. The average Bonchev–Trinajstić information content (AvgIpc) is 3.22. The molecule has 1 aromatic carbocycles. The maximum absolute atomic E-state index is 14.7. The van der Waals surface area contributed by atoms with Gasteiger partial charge in [-0.25, -0.2) is 4.39 Å². The van der Waals surface area contributed by atoms with Gasteiger partial charge in [-0.1, -0.05) is 24.3 Å². The Morgan fingerprint density at radius 2 is 2.16 bits per heavy atom. The fourth-order valence-electron chi connectivity index (χ4n) is 4.52.